The number of benzene rings is 2. The maximum Gasteiger partial charge on any atom is 0.260 e. The van der Waals surface area contributed by atoms with E-state index in [1.807, 2.05) is 73.7 Å². The number of nitrogens with zero attached hydrogens (tertiary/aromatic N) is 1. The molecule has 0 aliphatic rings. The van der Waals surface area contributed by atoms with Crippen molar-refractivity contribution in [1.29, 1.82) is 0 Å². The molecule has 110 valence electrons. The zero-order chi connectivity index (χ0) is 15.5. The molecule has 0 radical (unpaired) electrons. The molecule has 0 saturated carbocycles. The highest BCUT2D eigenvalue weighted by atomic mass is 16.1. The van der Waals surface area contributed by atoms with Crippen LogP contribution in [0.5, 0.6) is 0 Å². The van der Waals surface area contributed by atoms with Crippen LogP contribution in [0.1, 0.15) is 11.1 Å². The minimum absolute atomic E-state index is 0.0632. The molecule has 3 rings (SSSR count). The molecule has 2 aromatic carbocycles. The average molecular weight is 290 g/mol. The van der Waals surface area contributed by atoms with Crippen LogP contribution in [0.3, 0.4) is 0 Å². The van der Waals surface area contributed by atoms with Gasteiger partial charge in [-0.25, -0.2) is 0 Å². The molecule has 0 bridgehead atoms. The molecule has 1 heterocycles. The van der Waals surface area contributed by atoms with Gasteiger partial charge in [-0.15, -0.1) is 0 Å². The van der Waals surface area contributed by atoms with Crippen LogP contribution in [0.15, 0.2) is 71.5 Å². The Morgan fingerprint density at radius 3 is 2.23 bits per heavy atom. The van der Waals surface area contributed by atoms with Crippen molar-refractivity contribution in [1.82, 2.24) is 4.57 Å². The molecule has 0 spiro atoms. The fourth-order valence-electron chi connectivity index (χ4n) is 2.52. The molecule has 0 fully saturated rings. The summed E-state index contributed by atoms with van der Waals surface area (Å²) < 4.78 is 1.73. The smallest absolute Gasteiger partial charge is 0.260 e. The lowest BCUT2D eigenvalue weighted by atomic mass is 10.1. The van der Waals surface area contributed by atoms with Gasteiger partial charge in [-0.3, -0.25) is 9.36 Å². The van der Waals surface area contributed by atoms with E-state index in [1.54, 1.807) is 4.57 Å². The minimum atomic E-state index is -0.0632. The first kappa shape index (κ1) is 14.3. The molecule has 0 saturated heterocycles. The summed E-state index contributed by atoms with van der Waals surface area (Å²) in [5.41, 5.74) is 10.2. The van der Waals surface area contributed by atoms with Gasteiger partial charge in [0.15, 0.2) is 0 Å². The maximum absolute atomic E-state index is 12.7. The van der Waals surface area contributed by atoms with Crippen LogP contribution in [-0.2, 0) is 6.54 Å². The van der Waals surface area contributed by atoms with E-state index in [0.29, 0.717) is 5.56 Å². The fraction of sp³-hybridized carbons (Fsp3) is 0.105. The molecule has 1 aromatic heterocycles. The Balaban J connectivity index is 2.29. The third-order valence-electron chi connectivity index (χ3n) is 3.74. The van der Waals surface area contributed by atoms with Crippen LogP contribution < -0.4 is 11.3 Å². The molecule has 0 aliphatic heterocycles. The number of rotatable bonds is 3. The second-order valence-corrected chi connectivity index (χ2v) is 5.29. The quantitative estimate of drug-likeness (QED) is 0.804. The van der Waals surface area contributed by atoms with Gasteiger partial charge >= 0.3 is 0 Å². The Bertz CT molecular complexity index is 834. The van der Waals surface area contributed by atoms with E-state index in [0.717, 1.165) is 16.9 Å². The first-order valence-corrected chi connectivity index (χ1v) is 7.28. The van der Waals surface area contributed by atoms with Crippen molar-refractivity contribution in [2.75, 3.05) is 0 Å². The predicted octanol–water partition coefficient (Wildman–Crippen LogP) is 3.27. The topological polar surface area (TPSA) is 48.0 Å². The highest BCUT2D eigenvalue weighted by molar-refractivity contribution is 5.63. The van der Waals surface area contributed by atoms with E-state index in [9.17, 15) is 4.79 Å². The van der Waals surface area contributed by atoms with Crippen molar-refractivity contribution >= 4 is 0 Å². The summed E-state index contributed by atoms with van der Waals surface area (Å²) in [7, 11) is 0. The van der Waals surface area contributed by atoms with Gasteiger partial charge in [0.05, 0.1) is 5.69 Å². The first-order valence-electron chi connectivity index (χ1n) is 7.28. The largest absolute Gasteiger partial charge is 0.326 e. The summed E-state index contributed by atoms with van der Waals surface area (Å²) in [6.45, 7) is 2.28. The Morgan fingerprint density at radius 1 is 0.909 bits per heavy atom. The third kappa shape index (κ3) is 2.59. The van der Waals surface area contributed by atoms with Gasteiger partial charge < -0.3 is 5.73 Å². The summed E-state index contributed by atoms with van der Waals surface area (Å²) in [6.07, 6.45) is 0. The number of hydrogen-bond acceptors (Lipinski definition) is 2. The Kier molecular flexibility index (Phi) is 3.90. The lowest BCUT2D eigenvalue weighted by Crippen LogP contribution is -2.25. The summed E-state index contributed by atoms with van der Waals surface area (Å²) in [4.78, 5) is 12.7. The maximum atomic E-state index is 12.7. The van der Waals surface area contributed by atoms with Crippen LogP contribution in [0, 0.1) is 6.92 Å². The summed E-state index contributed by atoms with van der Waals surface area (Å²) in [5, 5.41) is 0. The van der Waals surface area contributed by atoms with Crippen LogP contribution in [0.4, 0.5) is 0 Å². The molecule has 3 nitrogen and oxygen atoms in total. The molecule has 0 unspecified atom stereocenters. The molecule has 0 atom stereocenters. The van der Waals surface area contributed by atoms with Gasteiger partial charge in [0.1, 0.15) is 0 Å². The van der Waals surface area contributed by atoms with Gasteiger partial charge in [-0.05, 0) is 30.7 Å². The zero-order valence-electron chi connectivity index (χ0n) is 12.5. The lowest BCUT2D eigenvalue weighted by molar-refractivity contribution is 0.932. The minimum Gasteiger partial charge on any atom is -0.326 e. The predicted molar refractivity (Wildman–Crippen MR) is 90.1 cm³/mol. The van der Waals surface area contributed by atoms with Gasteiger partial charge in [-0.1, -0.05) is 54.1 Å². The second kappa shape index (κ2) is 6.00. The van der Waals surface area contributed by atoms with E-state index in [4.69, 9.17) is 5.73 Å². The Morgan fingerprint density at radius 2 is 1.59 bits per heavy atom. The van der Waals surface area contributed by atoms with Crippen LogP contribution in [-0.4, -0.2) is 4.57 Å². The molecular formula is C19H18N2O. The molecule has 0 amide bonds. The van der Waals surface area contributed by atoms with Gasteiger partial charge in [-0.2, -0.15) is 0 Å². The number of aryl methyl sites for hydroxylation is 1. The normalized spacial score (nSPS) is 10.6. The monoisotopic (exact) mass is 290 g/mol. The Hall–Kier alpha value is -2.65. The fourth-order valence-corrected chi connectivity index (χ4v) is 2.52. The SMILES string of the molecule is Cc1ccc(-c2ccc(CN)c(=O)n2-c2ccccc2)cc1. The van der Waals surface area contributed by atoms with Gasteiger partial charge in [0.25, 0.3) is 5.56 Å². The van der Waals surface area contributed by atoms with Crippen LogP contribution in [0.25, 0.3) is 16.9 Å². The molecule has 0 aliphatic carbocycles. The van der Waals surface area contributed by atoms with Crippen molar-refractivity contribution in [3.05, 3.63) is 88.2 Å². The second-order valence-electron chi connectivity index (χ2n) is 5.29. The van der Waals surface area contributed by atoms with Crippen LogP contribution >= 0.6 is 0 Å². The van der Waals surface area contributed by atoms with Crippen LogP contribution in [0.2, 0.25) is 0 Å². The zero-order valence-corrected chi connectivity index (χ0v) is 12.5. The molecule has 22 heavy (non-hydrogen) atoms. The average Bonchev–Trinajstić information content (AvgIpc) is 2.56. The number of hydrogen-bond donors (Lipinski definition) is 1. The molecule has 3 aromatic rings. The molecular weight excluding hydrogens is 272 g/mol. The van der Waals surface area contributed by atoms with Gasteiger partial charge in [0.2, 0.25) is 0 Å². The summed E-state index contributed by atoms with van der Waals surface area (Å²) in [5.74, 6) is 0. The summed E-state index contributed by atoms with van der Waals surface area (Å²) >= 11 is 0. The standard InChI is InChI=1S/C19H18N2O/c1-14-7-9-15(10-8-14)18-12-11-16(13-20)19(22)21(18)17-5-3-2-4-6-17/h2-12H,13,20H2,1H3. The van der Waals surface area contributed by atoms with E-state index in [1.165, 1.54) is 5.56 Å². The van der Waals surface area contributed by atoms with E-state index in [-0.39, 0.29) is 12.1 Å². The number of aromatic nitrogens is 1. The van der Waals surface area contributed by atoms with Crippen molar-refractivity contribution in [2.45, 2.75) is 13.5 Å². The van der Waals surface area contributed by atoms with E-state index >= 15 is 0 Å². The van der Waals surface area contributed by atoms with E-state index < -0.39 is 0 Å². The highest BCUT2D eigenvalue weighted by Crippen LogP contribution is 2.22. The highest BCUT2D eigenvalue weighted by Gasteiger charge is 2.11. The summed E-state index contributed by atoms with van der Waals surface area (Å²) in [6, 6.07) is 21.6. The number of nitrogens with two attached hydrogens (primary N) is 1. The lowest BCUT2D eigenvalue weighted by Gasteiger charge is -2.15. The van der Waals surface area contributed by atoms with Crippen molar-refractivity contribution in [3.63, 3.8) is 0 Å². The Labute approximate surface area is 129 Å². The number of pyridine rings is 1. The molecule has 3 heteroatoms. The first-order chi connectivity index (χ1) is 10.7. The van der Waals surface area contributed by atoms with Gasteiger partial charge in [0, 0.05) is 17.8 Å². The third-order valence-corrected chi connectivity index (χ3v) is 3.74. The van der Waals surface area contributed by atoms with Crippen molar-refractivity contribution in [2.24, 2.45) is 5.73 Å². The van der Waals surface area contributed by atoms with E-state index in [2.05, 4.69) is 0 Å². The molecule has 2 N–H and O–H groups in total. The number of para-hydroxylation sites is 1. The van der Waals surface area contributed by atoms with Crippen molar-refractivity contribution in [3.8, 4) is 16.9 Å². The van der Waals surface area contributed by atoms with Crippen molar-refractivity contribution < 1.29 is 0 Å².